The van der Waals surface area contributed by atoms with Crippen LogP contribution in [0.2, 0.25) is 0 Å². The molecule has 1 amide bonds. The van der Waals surface area contributed by atoms with Gasteiger partial charge in [-0.15, -0.1) is 4.91 Å². The van der Waals surface area contributed by atoms with Gasteiger partial charge in [-0.1, -0.05) is 19.1 Å². The summed E-state index contributed by atoms with van der Waals surface area (Å²) in [6, 6.07) is 16.7. The number of nitrogens with zero attached hydrogens (tertiary/aromatic N) is 2. The summed E-state index contributed by atoms with van der Waals surface area (Å²) in [6.45, 7) is 3.45. The first-order chi connectivity index (χ1) is 15.4. The van der Waals surface area contributed by atoms with Crippen LogP contribution in [-0.2, 0) is 6.42 Å². The van der Waals surface area contributed by atoms with Gasteiger partial charge in [-0.25, -0.2) is 4.98 Å². The SMILES string of the molecule is CCc1cc(-c2[nH]c3ccc(N=O)cc3[n+]2O)ccc1NC(=O)c1ccc(C(C)=O)cc1. The summed E-state index contributed by atoms with van der Waals surface area (Å²) in [5.41, 5.74) is 4.55. The van der Waals surface area contributed by atoms with Crippen molar-refractivity contribution in [2.45, 2.75) is 20.3 Å². The number of nitrogens with one attached hydrogen (secondary N) is 2. The van der Waals surface area contributed by atoms with E-state index in [0.717, 1.165) is 10.3 Å². The molecule has 0 saturated carbocycles. The van der Waals surface area contributed by atoms with Gasteiger partial charge in [-0.2, -0.15) is 0 Å². The van der Waals surface area contributed by atoms with Crippen molar-refractivity contribution < 1.29 is 19.5 Å². The molecule has 0 bridgehead atoms. The zero-order valence-electron chi connectivity index (χ0n) is 17.5. The number of anilines is 1. The Balaban J connectivity index is 1.64. The quantitative estimate of drug-likeness (QED) is 0.177. The van der Waals surface area contributed by atoms with Gasteiger partial charge >= 0.3 is 5.82 Å². The summed E-state index contributed by atoms with van der Waals surface area (Å²) in [4.78, 5) is 38.0. The Morgan fingerprint density at radius 3 is 2.41 bits per heavy atom. The van der Waals surface area contributed by atoms with Crippen molar-refractivity contribution in [3.05, 3.63) is 82.3 Å². The van der Waals surface area contributed by atoms with E-state index < -0.39 is 0 Å². The van der Waals surface area contributed by atoms with E-state index in [-0.39, 0.29) is 17.4 Å². The zero-order chi connectivity index (χ0) is 22.8. The number of aryl methyl sites for hydroxylation is 1. The predicted molar refractivity (Wildman–Crippen MR) is 120 cm³/mol. The number of hydrogen-bond acceptors (Lipinski definition) is 5. The van der Waals surface area contributed by atoms with Crippen LogP contribution in [0, 0.1) is 4.91 Å². The highest BCUT2D eigenvalue weighted by atomic mass is 16.5. The second-order valence-electron chi connectivity index (χ2n) is 7.39. The van der Waals surface area contributed by atoms with Gasteiger partial charge in [0.1, 0.15) is 5.69 Å². The molecular weight excluding hydrogens is 408 g/mol. The molecule has 3 aromatic carbocycles. The number of carbonyl (C=O) groups is 2. The lowest BCUT2D eigenvalue weighted by Crippen LogP contribution is -2.31. The van der Waals surface area contributed by atoms with Gasteiger partial charge in [0.05, 0.1) is 5.56 Å². The number of rotatable bonds is 6. The highest BCUT2D eigenvalue weighted by molar-refractivity contribution is 6.05. The number of imidazole rings is 1. The maximum atomic E-state index is 12.7. The molecule has 0 spiro atoms. The molecule has 160 valence electrons. The monoisotopic (exact) mass is 429 g/mol. The first-order valence-corrected chi connectivity index (χ1v) is 10.1. The molecule has 3 N–H and O–H groups in total. The Labute approximate surface area is 183 Å². The van der Waals surface area contributed by atoms with Gasteiger partial charge < -0.3 is 10.5 Å². The van der Waals surface area contributed by atoms with Gasteiger partial charge in [0.25, 0.3) is 5.91 Å². The highest BCUT2D eigenvalue weighted by Crippen LogP contribution is 2.26. The summed E-state index contributed by atoms with van der Waals surface area (Å²) in [7, 11) is 0. The van der Waals surface area contributed by atoms with Crippen molar-refractivity contribution >= 4 is 34.1 Å². The molecule has 1 aromatic heterocycles. The number of aromatic nitrogens is 2. The van der Waals surface area contributed by atoms with Crippen molar-refractivity contribution in [1.82, 2.24) is 4.98 Å². The van der Waals surface area contributed by atoms with E-state index in [4.69, 9.17) is 0 Å². The number of carbonyl (C=O) groups excluding carboxylic acids is 2. The van der Waals surface area contributed by atoms with Crippen LogP contribution in [0.3, 0.4) is 0 Å². The molecule has 0 saturated heterocycles. The third-order valence-electron chi connectivity index (χ3n) is 5.34. The third kappa shape index (κ3) is 3.85. The molecule has 1 heterocycles. The molecule has 8 heteroatoms. The van der Waals surface area contributed by atoms with Crippen LogP contribution in [0.25, 0.3) is 22.4 Å². The molecule has 4 aromatic rings. The van der Waals surface area contributed by atoms with Gasteiger partial charge in [0, 0.05) is 22.9 Å². The lowest BCUT2D eigenvalue weighted by atomic mass is 10.0. The Kier molecular flexibility index (Phi) is 5.51. The van der Waals surface area contributed by atoms with E-state index in [1.165, 1.54) is 13.0 Å². The van der Waals surface area contributed by atoms with Crippen molar-refractivity contribution in [3.63, 3.8) is 0 Å². The molecule has 0 aliphatic heterocycles. The van der Waals surface area contributed by atoms with Gasteiger partial charge in [0.15, 0.2) is 11.3 Å². The Bertz CT molecular complexity index is 1360. The van der Waals surface area contributed by atoms with Crippen molar-refractivity contribution in [2.24, 2.45) is 5.18 Å². The van der Waals surface area contributed by atoms with Crippen LogP contribution in [-0.4, -0.2) is 21.9 Å². The van der Waals surface area contributed by atoms with E-state index in [2.05, 4.69) is 15.5 Å². The molecule has 0 radical (unpaired) electrons. The molecule has 8 nitrogen and oxygen atoms in total. The zero-order valence-corrected chi connectivity index (χ0v) is 17.5. The number of nitroso groups, excluding NO2 is 1. The smallest absolute Gasteiger partial charge is 0.327 e. The fourth-order valence-electron chi connectivity index (χ4n) is 3.56. The number of fused-ring (bicyclic) bond motifs is 1. The first-order valence-electron chi connectivity index (χ1n) is 10.1. The van der Waals surface area contributed by atoms with Gasteiger partial charge in [-0.3, -0.25) is 9.59 Å². The lowest BCUT2D eigenvalue weighted by molar-refractivity contribution is -0.875. The molecular formula is C24H21N4O4+. The average molecular weight is 429 g/mol. The average Bonchev–Trinajstić information content (AvgIpc) is 3.15. The normalized spacial score (nSPS) is 10.8. The molecule has 32 heavy (non-hydrogen) atoms. The number of hydrogen-bond donors (Lipinski definition) is 3. The van der Waals surface area contributed by atoms with E-state index >= 15 is 0 Å². The molecule has 0 aliphatic carbocycles. The number of Topliss-reactive ketones (excluding diaryl/α,β-unsaturated/α-hetero) is 1. The third-order valence-corrected chi connectivity index (χ3v) is 5.34. The Hall–Kier alpha value is -4.33. The summed E-state index contributed by atoms with van der Waals surface area (Å²) in [5, 5.41) is 16.4. The summed E-state index contributed by atoms with van der Waals surface area (Å²) >= 11 is 0. The standard InChI is InChI=1S/C24H20N4O4/c1-3-15-12-18(23-25-21-11-9-19(27-31)13-22(21)28(23)32)8-10-20(15)26-24(30)17-6-4-16(5-7-17)14(2)29/h4-13,32H,3H2,1-2H3,(H,25,26,30,31)/p+1. The Morgan fingerprint density at radius 2 is 1.75 bits per heavy atom. The van der Waals surface area contributed by atoms with Crippen molar-refractivity contribution in [3.8, 4) is 11.4 Å². The minimum atomic E-state index is -0.278. The highest BCUT2D eigenvalue weighted by Gasteiger charge is 2.22. The van der Waals surface area contributed by atoms with Crippen LogP contribution in [0.5, 0.6) is 0 Å². The number of amides is 1. The molecule has 0 aliphatic rings. The minimum absolute atomic E-state index is 0.0578. The van der Waals surface area contributed by atoms with E-state index in [9.17, 15) is 19.7 Å². The minimum Gasteiger partial charge on any atom is -0.349 e. The second kappa shape index (κ2) is 8.43. The van der Waals surface area contributed by atoms with E-state index in [1.807, 2.05) is 13.0 Å². The van der Waals surface area contributed by atoms with Crippen LogP contribution >= 0.6 is 0 Å². The Morgan fingerprint density at radius 1 is 1.03 bits per heavy atom. The maximum absolute atomic E-state index is 12.7. The second-order valence-corrected chi connectivity index (χ2v) is 7.39. The van der Waals surface area contributed by atoms with Crippen LogP contribution in [0.1, 0.15) is 40.1 Å². The fourth-order valence-corrected chi connectivity index (χ4v) is 3.56. The topological polar surface area (TPSA) is 116 Å². The number of H-pyrrole nitrogens is 1. The molecule has 4 rings (SSSR count). The van der Waals surface area contributed by atoms with Gasteiger partial charge in [0.2, 0.25) is 5.52 Å². The van der Waals surface area contributed by atoms with Crippen molar-refractivity contribution in [1.29, 1.82) is 0 Å². The maximum Gasteiger partial charge on any atom is 0.327 e. The van der Waals surface area contributed by atoms with E-state index in [1.54, 1.807) is 48.5 Å². The lowest BCUT2D eigenvalue weighted by Gasteiger charge is -2.11. The first kappa shape index (κ1) is 20.9. The number of benzene rings is 3. The largest absolute Gasteiger partial charge is 0.349 e. The summed E-state index contributed by atoms with van der Waals surface area (Å²) in [5.74, 6) is 0.104. The van der Waals surface area contributed by atoms with Gasteiger partial charge in [-0.05, 0) is 71.3 Å². The fraction of sp³-hybridized carbons (Fsp3) is 0.125. The van der Waals surface area contributed by atoms with Crippen molar-refractivity contribution in [2.75, 3.05) is 5.32 Å². The molecule has 0 unspecified atom stereocenters. The van der Waals surface area contributed by atoms with E-state index in [0.29, 0.717) is 45.7 Å². The summed E-state index contributed by atoms with van der Waals surface area (Å²) < 4.78 is 0.980. The molecule has 0 fully saturated rings. The van der Waals surface area contributed by atoms with Crippen LogP contribution < -0.4 is 10.0 Å². The number of aromatic amines is 1. The molecule has 0 atom stereocenters. The van der Waals surface area contributed by atoms with Crippen LogP contribution in [0.15, 0.2) is 65.8 Å². The summed E-state index contributed by atoms with van der Waals surface area (Å²) in [6.07, 6.45) is 0.650. The number of ketones is 1. The van der Waals surface area contributed by atoms with Crippen LogP contribution in [0.4, 0.5) is 11.4 Å². The predicted octanol–water partition coefficient (Wildman–Crippen LogP) is 4.77.